The van der Waals surface area contributed by atoms with E-state index < -0.39 is 5.91 Å². The number of hydrogen-bond acceptors (Lipinski definition) is 5. The first-order valence-electron chi connectivity index (χ1n) is 7.35. The third-order valence-corrected chi connectivity index (χ3v) is 3.96. The van der Waals surface area contributed by atoms with Crippen LogP contribution in [0.25, 0.3) is 10.9 Å². The van der Waals surface area contributed by atoms with Gasteiger partial charge in [0, 0.05) is 23.4 Å². The van der Waals surface area contributed by atoms with Crippen molar-refractivity contribution in [1.82, 2.24) is 10.0 Å². The van der Waals surface area contributed by atoms with Crippen LogP contribution < -0.4 is 5.48 Å². The normalized spacial score (nSPS) is 10.9. The van der Waals surface area contributed by atoms with Crippen LogP contribution >= 0.6 is 11.6 Å². The molecular weight excluding hydrogens is 322 g/mol. The zero-order valence-electron chi connectivity index (χ0n) is 12.5. The highest BCUT2D eigenvalue weighted by atomic mass is 35.5. The molecule has 1 amide bonds. The topological polar surface area (TPSA) is 104 Å². The first-order valence-corrected chi connectivity index (χ1v) is 7.73. The molecule has 1 aromatic heterocycles. The summed E-state index contributed by atoms with van der Waals surface area (Å²) < 4.78 is 1.64. The van der Waals surface area contributed by atoms with Crippen LogP contribution in [0, 0.1) is 4.91 Å². The molecule has 2 rings (SSSR count). The number of rotatable bonds is 8. The third kappa shape index (κ3) is 4.00. The van der Waals surface area contributed by atoms with Crippen LogP contribution in [-0.4, -0.2) is 20.8 Å². The highest BCUT2D eigenvalue weighted by molar-refractivity contribution is 6.31. The maximum Gasteiger partial charge on any atom is 0.243 e. The number of nitroso groups, excluding NO2 is 1. The average molecular weight is 340 g/mol. The summed E-state index contributed by atoms with van der Waals surface area (Å²) in [6, 6.07) is 5.05. The van der Waals surface area contributed by atoms with Gasteiger partial charge in [-0.3, -0.25) is 10.0 Å². The van der Waals surface area contributed by atoms with E-state index in [0.717, 1.165) is 19.3 Å². The minimum Gasteiger partial charge on any atom is -0.493 e. The molecule has 0 bridgehead atoms. The number of fused-ring (bicyclic) bond motifs is 1. The Balaban J connectivity index is 1.99. The Hall–Kier alpha value is -2.12. The van der Waals surface area contributed by atoms with Crippen molar-refractivity contribution in [3.63, 3.8) is 0 Å². The summed E-state index contributed by atoms with van der Waals surface area (Å²) in [5.41, 5.74) is 2.31. The zero-order valence-corrected chi connectivity index (χ0v) is 13.2. The van der Waals surface area contributed by atoms with Crippen LogP contribution in [0.4, 0.5) is 5.69 Å². The Morgan fingerprint density at radius 1 is 1.26 bits per heavy atom. The highest BCUT2D eigenvalue weighted by Gasteiger charge is 2.17. The van der Waals surface area contributed by atoms with E-state index in [9.17, 15) is 14.8 Å². The summed E-state index contributed by atoms with van der Waals surface area (Å²) in [7, 11) is 0. The number of aromatic nitrogens is 1. The monoisotopic (exact) mass is 339 g/mol. The first-order chi connectivity index (χ1) is 11.1. The molecule has 2 aromatic rings. The van der Waals surface area contributed by atoms with Crippen molar-refractivity contribution in [2.75, 3.05) is 0 Å². The molecule has 0 fully saturated rings. The Bertz CT molecular complexity index is 714. The smallest absolute Gasteiger partial charge is 0.243 e. The fraction of sp³-hybridized carbons (Fsp3) is 0.400. The molecule has 1 heterocycles. The lowest BCUT2D eigenvalue weighted by atomic mass is 10.1. The number of aryl methyl sites for hydroxylation is 1. The van der Waals surface area contributed by atoms with Crippen molar-refractivity contribution >= 4 is 34.1 Å². The molecule has 3 N–H and O–H groups in total. The number of hydrogen-bond donors (Lipinski definition) is 3. The van der Waals surface area contributed by atoms with E-state index in [0.29, 0.717) is 28.9 Å². The third-order valence-electron chi connectivity index (χ3n) is 3.72. The number of unbranched alkanes of at least 4 members (excludes halogenated alkanes) is 3. The standard InChI is InChI=1S/C15H18ClN3O4/c16-10-6-7-12-11(9-10)14(18-23)15(21)19(12)8-4-2-1-3-5-13(20)17-22/h6-7,9,21-22H,1-5,8H2,(H,17,20). The number of carbonyl (C=O) groups is 1. The van der Waals surface area contributed by atoms with Crippen molar-refractivity contribution in [2.24, 2.45) is 5.18 Å². The van der Waals surface area contributed by atoms with Gasteiger partial charge >= 0.3 is 0 Å². The second-order valence-electron chi connectivity index (χ2n) is 5.28. The number of halogens is 1. The summed E-state index contributed by atoms with van der Waals surface area (Å²) in [6.45, 7) is 0.533. The van der Waals surface area contributed by atoms with Gasteiger partial charge in [-0.05, 0) is 36.2 Å². The second kappa shape index (κ2) is 7.94. The number of nitrogens with zero attached hydrogens (tertiary/aromatic N) is 2. The molecule has 0 radical (unpaired) electrons. The van der Waals surface area contributed by atoms with Crippen LogP contribution in [0.3, 0.4) is 0 Å². The molecule has 0 spiro atoms. The number of nitrogens with one attached hydrogen (secondary N) is 1. The molecule has 23 heavy (non-hydrogen) atoms. The molecule has 0 aliphatic rings. The lowest BCUT2D eigenvalue weighted by Crippen LogP contribution is -2.17. The van der Waals surface area contributed by atoms with Gasteiger partial charge in [0.1, 0.15) is 0 Å². The second-order valence-corrected chi connectivity index (χ2v) is 5.71. The summed E-state index contributed by atoms with van der Waals surface area (Å²) in [5.74, 6) is -0.547. The predicted octanol–water partition coefficient (Wildman–Crippen LogP) is 3.85. The number of aromatic hydroxyl groups is 1. The van der Waals surface area contributed by atoms with E-state index >= 15 is 0 Å². The van der Waals surface area contributed by atoms with E-state index in [-0.39, 0.29) is 18.0 Å². The fourth-order valence-corrected chi connectivity index (χ4v) is 2.75. The largest absolute Gasteiger partial charge is 0.493 e. The maximum absolute atomic E-state index is 10.9. The first kappa shape index (κ1) is 17.2. The Kier molecular flexibility index (Phi) is 5.95. The van der Waals surface area contributed by atoms with Gasteiger partial charge in [0.2, 0.25) is 11.8 Å². The quantitative estimate of drug-likeness (QED) is 0.294. The summed E-state index contributed by atoms with van der Waals surface area (Å²) in [5, 5.41) is 22.4. The van der Waals surface area contributed by atoms with E-state index in [1.54, 1.807) is 28.2 Å². The van der Waals surface area contributed by atoms with Crippen LogP contribution in [-0.2, 0) is 11.3 Å². The van der Waals surface area contributed by atoms with Crippen molar-refractivity contribution in [3.8, 4) is 5.88 Å². The molecular formula is C15H18ClN3O4. The van der Waals surface area contributed by atoms with Gasteiger partial charge in [0.15, 0.2) is 5.69 Å². The summed E-state index contributed by atoms with van der Waals surface area (Å²) in [6.07, 6.45) is 3.43. The molecule has 0 aliphatic heterocycles. The fourth-order valence-electron chi connectivity index (χ4n) is 2.58. The molecule has 0 aliphatic carbocycles. The molecule has 7 nitrogen and oxygen atoms in total. The van der Waals surface area contributed by atoms with Crippen molar-refractivity contribution in [3.05, 3.63) is 28.1 Å². The molecule has 0 atom stereocenters. The van der Waals surface area contributed by atoms with Crippen LogP contribution in [0.15, 0.2) is 23.4 Å². The SMILES string of the molecule is O=Nc1c(O)n(CCCCCCC(=O)NO)c2ccc(Cl)cc12. The number of amides is 1. The van der Waals surface area contributed by atoms with Gasteiger partial charge in [-0.15, -0.1) is 4.91 Å². The molecule has 0 unspecified atom stereocenters. The van der Waals surface area contributed by atoms with Crippen LogP contribution in [0.5, 0.6) is 5.88 Å². The summed E-state index contributed by atoms with van der Waals surface area (Å²) in [4.78, 5) is 21.8. The van der Waals surface area contributed by atoms with Gasteiger partial charge in [-0.1, -0.05) is 24.4 Å². The highest BCUT2D eigenvalue weighted by Crippen LogP contribution is 2.39. The van der Waals surface area contributed by atoms with E-state index in [2.05, 4.69) is 5.18 Å². The molecule has 0 saturated carbocycles. The maximum atomic E-state index is 10.9. The summed E-state index contributed by atoms with van der Waals surface area (Å²) >= 11 is 5.92. The minimum absolute atomic E-state index is 0.00196. The van der Waals surface area contributed by atoms with Crippen molar-refractivity contribution in [1.29, 1.82) is 0 Å². The van der Waals surface area contributed by atoms with Crippen molar-refractivity contribution in [2.45, 2.75) is 38.6 Å². The van der Waals surface area contributed by atoms with Crippen LogP contribution in [0.1, 0.15) is 32.1 Å². The average Bonchev–Trinajstić information content (AvgIpc) is 2.80. The van der Waals surface area contributed by atoms with Gasteiger partial charge < -0.3 is 9.67 Å². The molecule has 1 aromatic carbocycles. The lowest BCUT2D eigenvalue weighted by molar-refractivity contribution is -0.129. The Morgan fingerprint density at radius 3 is 2.70 bits per heavy atom. The Labute approximate surface area is 137 Å². The van der Waals surface area contributed by atoms with Gasteiger partial charge in [0.05, 0.1) is 5.52 Å². The van der Waals surface area contributed by atoms with Gasteiger partial charge in [-0.25, -0.2) is 5.48 Å². The minimum atomic E-state index is -0.391. The van der Waals surface area contributed by atoms with Crippen LogP contribution in [0.2, 0.25) is 5.02 Å². The number of carbonyl (C=O) groups excluding carboxylic acids is 1. The number of benzene rings is 1. The van der Waals surface area contributed by atoms with E-state index in [4.69, 9.17) is 16.8 Å². The van der Waals surface area contributed by atoms with E-state index in [1.165, 1.54) is 0 Å². The van der Waals surface area contributed by atoms with E-state index in [1.807, 2.05) is 0 Å². The van der Waals surface area contributed by atoms with Gasteiger partial charge in [-0.2, -0.15) is 0 Å². The number of hydroxylamine groups is 1. The Morgan fingerprint density at radius 2 is 2.00 bits per heavy atom. The predicted molar refractivity (Wildman–Crippen MR) is 87.1 cm³/mol. The lowest BCUT2D eigenvalue weighted by Gasteiger charge is -2.07. The van der Waals surface area contributed by atoms with Crippen molar-refractivity contribution < 1.29 is 15.1 Å². The molecule has 0 saturated heterocycles. The zero-order chi connectivity index (χ0) is 16.8. The van der Waals surface area contributed by atoms with Gasteiger partial charge in [0.25, 0.3) is 0 Å². The molecule has 124 valence electrons. The molecule has 8 heteroatoms.